The summed E-state index contributed by atoms with van der Waals surface area (Å²) in [7, 11) is 1.84. The first-order chi connectivity index (χ1) is 6.70. The lowest BCUT2D eigenvalue weighted by Gasteiger charge is -2.04. The van der Waals surface area contributed by atoms with Crippen LogP contribution in [0.1, 0.15) is 5.56 Å². The summed E-state index contributed by atoms with van der Waals surface area (Å²) in [4.78, 5) is 4.39. The van der Waals surface area contributed by atoms with Gasteiger partial charge in [-0.15, -0.1) is 0 Å². The molecule has 14 heavy (non-hydrogen) atoms. The van der Waals surface area contributed by atoms with E-state index in [0.29, 0.717) is 5.02 Å². The fraction of sp³-hybridized carbons (Fsp3) is 0.182. The van der Waals surface area contributed by atoms with Crippen molar-refractivity contribution in [2.45, 2.75) is 6.92 Å². The Bertz CT molecular complexity index is 480. The van der Waals surface area contributed by atoms with E-state index in [0.717, 1.165) is 22.3 Å². The number of fused-ring (bicyclic) bond motifs is 1. The van der Waals surface area contributed by atoms with Crippen LogP contribution in [-0.2, 0) is 0 Å². The molecule has 0 unspecified atom stereocenters. The molecule has 0 fully saturated rings. The highest BCUT2D eigenvalue weighted by molar-refractivity contribution is 6.35. The van der Waals surface area contributed by atoms with Gasteiger partial charge in [0.1, 0.15) is 5.82 Å². The largest absolute Gasteiger partial charge is 0.373 e. The molecule has 72 valence electrons. The Kier molecular flexibility index (Phi) is 2.30. The minimum absolute atomic E-state index is 0.706. The van der Waals surface area contributed by atoms with E-state index in [4.69, 9.17) is 11.6 Å². The van der Waals surface area contributed by atoms with E-state index in [1.807, 2.05) is 32.2 Å². The average molecular weight is 207 g/mol. The molecule has 0 aliphatic heterocycles. The summed E-state index contributed by atoms with van der Waals surface area (Å²) in [6, 6.07) is 7.97. The molecule has 2 rings (SSSR count). The van der Waals surface area contributed by atoms with E-state index in [-0.39, 0.29) is 0 Å². The molecule has 0 saturated carbocycles. The van der Waals surface area contributed by atoms with Crippen LogP contribution in [0, 0.1) is 6.92 Å². The summed E-state index contributed by atoms with van der Waals surface area (Å²) in [5, 5.41) is 4.77. The highest BCUT2D eigenvalue weighted by atomic mass is 35.5. The van der Waals surface area contributed by atoms with Crippen molar-refractivity contribution in [3.63, 3.8) is 0 Å². The Hall–Kier alpha value is -1.28. The van der Waals surface area contributed by atoms with E-state index in [9.17, 15) is 0 Å². The molecule has 0 radical (unpaired) electrons. The lowest BCUT2D eigenvalue weighted by atomic mass is 10.1. The van der Waals surface area contributed by atoms with Gasteiger partial charge in [-0.1, -0.05) is 11.6 Å². The number of nitrogens with one attached hydrogen (secondary N) is 1. The molecule has 1 N–H and O–H groups in total. The van der Waals surface area contributed by atoms with Gasteiger partial charge in [0.25, 0.3) is 0 Å². The molecule has 0 saturated heterocycles. The molecule has 0 amide bonds. The Morgan fingerprint density at radius 2 is 2.07 bits per heavy atom. The van der Waals surface area contributed by atoms with Crippen molar-refractivity contribution in [2.75, 3.05) is 12.4 Å². The summed E-state index contributed by atoms with van der Waals surface area (Å²) < 4.78 is 0. The minimum atomic E-state index is 0.706. The number of nitrogens with zero attached hydrogens (tertiary/aromatic N) is 1. The maximum atomic E-state index is 6.10. The summed E-state index contributed by atoms with van der Waals surface area (Å²) in [6.45, 7) is 2.03. The first-order valence-electron chi connectivity index (χ1n) is 4.45. The van der Waals surface area contributed by atoms with E-state index in [1.165, 1.54) is 0 Å². The number of benzene rings is 1. The molecular formula is C11H11ClN2. The number of anilines is 1. The van der Waals surface area contributed by atoms with Crippen molar-refractivity contribution in [2.24, 2.45) is 0 Å². The maximum Gasteiger partial charge on any atom is 0.126 e. The van der Waals surface area contributed by atoms with Gasteiger partial charge in [-0.3, -0.25) is 0 Å². The van der Waals surface area contributed by atoms with Crippen molar-refractivity contribution in [1.82, 2.24) is 4.98 Å². The lowest BCUT2D eigenvalue weighted by molar-refractivity contribution is 1.34. The van der Waals surface area contributed by atoms with Crippen molar-refractivity contribution < 1.29 is 0 Å². The normalized spacial score (nSPS) is 10.5. The van der Waals surface area contributed by atoms with E-state index in [2.05, 4.69) is 16.4 Å². The van der Waals surface area contributed by atoms with Crippen LogP contribution in [0.4, 0.5) is 5.82 Å². The second-order valence-electron chi connectivity index (χ2n) is 3.26. The molecule has 0 aliphatic rings. The number of rotatable bonds is 1. The predicted octanol–water partition coefficient (Wildman–Crippen LogP) is 3.24. The Morgan fingerprint density at radius 3 is 2.79 bits per heavy atom. The highest BCUT2D eigenvalue weighted by Crippen LogP contribution is 2.24. The molecule has 1 aromatic carbocycles. The van der Waals surface area contributed by atoms with Crippen LogP contribution in [0.15, 0.2) is 24.3 Å². The Balaban J connectivity index is 2.75. The third-order valence-corrected chi connectivity index (χ3v) is 2.43. The van der Waals surface area contributed by atoms with Crippen LogP contribution in [-0.4, -0.2) is 12.0 Å². The molecule has 3 heteroatoms. The molecular weight excluding hydrogens is 196 g/mol. The van der Waals surface area contributed by atoms with Gasteiger partial charge in [0.05, 0.1) is 10.5 Å². The van der Waals surface area contributed by atoms with E-state index in [1.54, 1.807) is 0 Å². The topological polar surface area (TPSA) is 24.9 Å². The van der Waals surface area contributed by atoms with Crippen LogP contribution >= 0.6 is 11.6 Å². The molecule has 0 bridgehead atoms. The zero-order chi connectivity index (χ0) is 10.1. The van der Waals surface area contributed by atoms with Gasteiger partial charge in [0, 0.05) is 12.4 Å². The SMILES string of the molecule is CNc1ccc2cc(C)cc(Cl)c2n1. The van der Waals surface area contributed by atoms with Crippen molar-refractivity contribution in [3.05, 3.63) is 34.9 Å². The van der Waals surface area contributed by atoms with Crippen LogP contribution < -0.4 is 5.32 Å². The summed E-state index contributed by atoms with van der Waals surface area (Å²) in [5.41, 5.74) is 2.01. The van der Waals surface area contributed by atoms with Gasteiger partial charge in [-0.25, -0.2) is 4.98 Å². The summed E-state index contributed by atoms with van der Waals surface area (Å²) >= 11 is 6.10. The molecule has 1 heterocycles. The Labute approximate surface area is 87.9 Å². The zero-order valence-corrected chi connectivity index (χ0v) is 8.89. The smallest absolute Gasteiger partial charge is 0.126 e. The van der Waals surface area contributed by atoms with Gasteiger partial charge >= 0.3 is 0 Å². The number of aryl methyl sites for hydroxylation is 1. The number of hydrogen-bond donors (Lipinski definition) is 1. The lowest BCUT2D eigenvalue weighted by Crippen LogP contribution is -1.92. The second kappa shape index (κ2) is 3.46. The van der Waals surface area contributed by atoms with E-state index < -0.39 is 0 Å². The number of halogens is 1. The highest BCUT2D eigenvalue weighted by Gasteiger charge is 2.02. The van der Waals surface area contributed by atoms with Gasteiger partial charge in [0.2, 0.25) is 0 Å². The van der Waals surface area contributed by atoms with Gasteiger partial charge in [0.15, 0.2) is 0 Å². The van der Waals surface area contributed by atoms with Gasteiger partial charge in [-0.2, -0.15) is 0 Å². The third-order valence-electron chi connectivity index (χ3n) is 2.15. The number of pyridine rings is 1. The molecule has 1 aromatic heterocycles. The predicted molar refractivity (Wildman–Crippen MR) is 61.0 cm³/mol. The van der Waals surface area contributed by atoms with Gasteiger partial charge in [-0.05, 0) is 36.8 Å². The molecule has 0 atom stereocenters. The Morgan fingerprint density at radius 1 is 1.29 bits per heavy atom. The second-order valence-corrected chi connectivity index (χ2v) is 3.67. The molecule has 2 nitrogen and oxygen atoms in total. The van der Waals surface area contributed by atoms with Crippen LogP contribution in [0.25, 0.3) is 10.9 Å². The van der Waals surface area contributed by atoms with E-state index >= 15 is 0 Å². The standard InChI is InChI=1S/C11H11ClN2/c1-7-5-8-3-4-10(13-2)14-11(8)9(12)6-7/h3-6H,1-2H3,(H,13,14). The molecule has 0 spiro atoms. The zero-order valence-electron chi connectivity index (χ0n) is 8.13. The maximum absolute atomic E-state index is 6.10. The van der Waals surface area contributed by atoms with Crippen molar-refractivity contribution in [3.8, 4) is 0 Å². The average Bonchev–Trinajstić information content (AvgIpc) is 2.17. The first kappa shape index (κ1) is 9.28. The number of aromatic nitrogens is 1. The monoisotopic (exact) mass is 206 g/mol. The summed E-state index contributed by atoms with van der Waals surface area (Å²) in [5.74, 6) is 0.836. The molecule has 2 aromatic rings. The quantitative estimate of drug-likeness (QED) is 0.775. The van der Waals surface area contributed by atoms with Gasteiger partial charge < -0.3 is 5.32 Å². The minimum Gasteiger partial charge on any atom is -0.373 e. The van der Waals surface area contributed by atoms with Crippen molar-refractivity contribution >= 4 is 28.3 Å². The van der Waals surface area contributed by atoms with Crippen LogP contribution in [0.5, 0.6) is 0 Å². The molecule has 0 aliphatic carbocycles. The number of hydrogen-bond acceptors (Lipinski definition) is 2. The fourth-order valence-electron chi connectivity index (χ4n) is 1.47. The fourth-order valence-corrected chi connectivity index (χ4v) is 1.80. The van der Waals surface area contributed by atoms with Crippen LogP contribution in [0.3, 0.4) is 0 Å². The first-order valence-corrected chi connectivity index (χ1v) is 4.83. The van der Waals surface area contributed by atoms with Crippen molar-refractivity contribution in [1.29, 1.82) is 0 Å². The third kappa shape index (κ3) is 1.53. The summed E-state index contributed by atoms with van der Waals surface area (Å²) in [6.07, 6.45) is 0. The van der Waals surface area contributed by atoms with Crippen LogP contribution in [0.2, 0.25) is 5.02 Å².